The molecule has 1 atom stereocenters. The summed E-state index contributed by atoms with van der Waals surface area (Å²) in [4.78, 5) is 30.4. The Hall–Kier alpha value is -2.28. The minimum absolute atomic E-state index is 0.0689. The van der Waals surface area contributed by atoms with Crippen LogP contribution in [0.4, 0.5) is 0 Å². The summed E-state index contributed by atoms with van der Waals surface area (Å²) in [5, 5.41) is 0. The van der Waals surface area contributed by atoms with Crippen molar-refractivity contribution in [1.82, 2.24) is 14.7 Å². The first kappa shape index (κ1) is 19.5. The van der Waals surface area contributed by atoms with Crippen LogP contribution in [0.3, 0.4) is 0 Å². The van der Waals surface area contributed by atoms with Crippen molar-refractivity contribution in [2.45, 2.75) is 25.8 Å². The molecule has 2 aliphatic rings. The van der Waals surface area contributed by atoms with Crippen LogP contribution >= 0.6 is 0 Å². The number of hydrogen-bond acceptors (Lipinski definition) is 5. The maximum atomic E-state index is 12.7. The van der Waals surface area contributed by atoms with Crippen molar-refractivity contribution in [3.63, 3.8) is 0 Å². The monoisotopic (exact) mass is 375 g/mol. The lowest BCUT2D eigenvalue weighted by Gasteiger charge is -2.37. The van der Waals surface area contributed by atoms with E-state index in [4.69, 9.17) is 9.47 Å². The molecule has 2 saturated heterocycles. The SMILES string of the molecule is COc1ccc(OCCN2CCN(C(=O)C(C)N3CCCC3=O)CC2)cc1. The Morgan fingerprint density at radius 1 is 1.07 bits per heavy atom. The van der Waals surface area contributed by atoms with Crippen LogP contribution < -0.4 is 9.47 Å². The number of rotatable bonds is 7. The third-order valence-corrected chi connectivity index (χ3v) is 5.35. The van der Waals surface area contributed by atoms with Crippen LogP contribution in [0.2, 0.25) is 0 Å². The molecule has 1 unspecified atom stereocenters. The van der Waals surface area contributed by atoms with Gasteiger partial charge in [0, 0.05) is 45.7 Å². The van der Waals surface area contributed by atoms with Crippen LogP contribution in [0, 0.1) is 0 Å². The lowest BCUT2D eigenvalue weighted by atomic mass is 10.2. The number of piperazine rings is 1. The van der Waals surface area contributed by atoms with Crippen molar-refractivity contribution in [3.05, 3.63) is 24.3 Å². The van der Waals surface area contributed by atoms with Gasteiger partial charge < -0.3 is 19.3 Å². The number of methoxy groups -OCH3 is 1. The molecule has 0 N–H and O–H groups in total. The summed E-state index contributed by atoms with van der Waals surface area (Å²) in [5.74, 6) is 1.81. The summed E-state index contributed by atoms with van der Waals surface area (Å²) >= 11 is 0. The van der Waals surface area contributed by atoms with Gasteiger partial charge in [-0.3, -0.25) is 14.5 Å². The van der Waals surface area contributed by atoms with Gasteiger partial charge in [0.2, 0.25) is 11.8 Å². The average Bonchev–Trinajstić information content (AvgIpc) is 3.14. The standard InChI is InChI=1S/C20H29N3O4/c1-16(23-9-3-4-19(23)24)20(25)22-12-10-21(11-13-22)14-15-27-18-7-5-17(26-2)6-8-18/h5-8,16H,3-4,9-15H2,1-2H3. The maximum Gasteiger partial charge on any atom is 0.245 e. The van der Waals surface area contributed by atoms with Gasteiger partial charge in [0.05, 0.1) is 7.11 Å². The van der Waals surface area contributed by atoms with Crippen molar-refractivity contribution in [2.24, 2.45) is 0 Å². The van der Waals surface area contributed by atoms with Gasteiger partial charge in [0.1, 0.15) is 24.1 Å². The lowest BCUT2D eigenvalue weighted by molar-refractivity contribution is -0.144. The van der Waals surface area contributed by atoms with E-state index in [9.17, 15) is 9.59 Å². The van der Waals surface area contributed by atoms with E-state index >= 15 is 0 Å². The molecule has 7 heteroatoms. The second-order valence-corrected chi connectivity index (χ2v) is 7.06. The fraction of sp³-hybridized carbons (Fsp3) is 0.600. The van der Waals surface area contributed by atoms with Gasteiger partial charge in [-0.05, 0) is 37.6 Å². The van der Waals surface area contributed by atoms with Crippen molar-refractivity contribution in [1.29, 1.82) is 0 Å². The molecule has 148 valence electrons. The first-order valence-electron chi connectivity index (χ1n) is 9.66. The molecule has 0 bridgehead atoms. The first-order valence-corrected chi connectivity index (χ1v) is 9.66. The van der Waals surface area contributed by atoms with Crippen LogP contribution in [0.5, 0.6) is 11.5 Å². The minimum Gasteiger partial charge on any atom is -0.497 e. The van der Waals surface area contributed by atoms with Gasteiger partial charge >= 0.3 is 0 Å². The highest BCUT2D eigenvalue weighted by Gasteiger charge is 2.33. The molecular weight excluding hydrogens is 346 g/mol. The molecule has 2 heterocycles. The van der Waals surface area contributed by atoms with Gasteiger partial charge in [-0.2, -0.15) is 0 Å². The van der Waals surface area contributed by atoms with Gasteiger partial charge in [-0.15, -0.1) is 0 Å². The summed E-state index contributed by atoms with van der Waals surface area (Å²) in [7, 11) is 1.64. The largest absolute Gasteiger partial charge is 0.497 e. The molecule has 1 aromatic carbocycles. The van der Waals surface area contributed by atoms with E-state index in [1.54, 1.807) is 12.0 Å². The van der Waals surface area contributed by atoms with Crippen molar-refractivity contribution < 1.29 is 19.1 Å². The number of nitrogens with zero attached hydrogens (tertiary/aromatic N) is 3. The Morgan fingerprint density at radius 2 is 1.74 bits per heavy atom. The molecule has 2 aliphatic heterocycles. The van der Waals surface area contributed by atoms with Gasteiger partial charge in [-0.25, -0.2) is 0 Å². The maximum absolute atomic E-state index is 12.7. The number of ether oxygens (including phenoxy) is 2. The summed E-state index contributed by atoms with van der Waals surface area (Å²) < 4.78 is 10.9. The van der Waals surface area contributed by atoms with Crippen LogP contribution in [0.15, 0.2) is 24.3 Å². The topological polar surface area (TPSA) is 62.3 Å². The summed E-state index contributed by atoms with van der Waals surface area (Å²) in [6.07, 6.45) is 1.43. The highest BCUT2D eigenvalue weighted by molar-refractivity contribution is 5.88. The van der Waals surface area contributed by atoms with E-state index in [1.807, 2.05) is 36.1 Å². The zero-order chi connectivity index (χ0) is 19.2. The summed E-state index contributed by atoms with van der Waals surface area (Å²) in [6, 6.07) is 7.22. The normalized spacial score (nSPS) is 19.3. The molecule has 0 radical (unpaired) electrons. The molecule has 3 rings (SSSR count). The van der Waals surface area contributed by atoms with E-state index in [0.717, 1.165) is 37.6 Å². The van der Waals surface area contributed by atoms with Gasteiger partial charge in [0.15, 0.2) is 0 Å². The van der Waals surface area contributed by atoms with Crippen molar-refractivity contribution >= 4 is 11.8 Å². The Bertz CT molecular complexity index is 641. The van der Waals surface area contributed by atoms with E-state index < -0.39 is 0 Å². The smallest absolute Gasteiger partial charge is 0.245 e. The third-order valence-electron chi connectivity index (χ3n) is 5.35. The zero-order valence-electron chi connectivity index (χ0n) is 16.2. The Morgan fingerprint density at radius 3 is 2.33 bits per heavy atom. The fourth-order valence-electron chi connectivity index (χ4n) is 3.63. The molecule has 2 amide bonds. The number of carbonyl (C=O) groups is 2. The Kier molecular flexibility index (Phi) is 6.55. The van der Waals surface area contributed by atoms with Crippen molar-refractivity contribution in [3.8, 4) is 11.5 Å². The summed E-state index contributed by atoms with van der Waals surface area (Å²) in [5.41, 5.74) is 0. The van der Waals surface area contributed by atoms with Gasteiger partial charge in [-0.1, -0.05) is 0 Å². The molecule has 0 aliphatic carbocycles. The lowest BCUT2D eigenvalue weighted by Crippen LogP contribution is -2.54. The second kappa shape index (κ2) is 9.08. The van der Waals surface area contributed by atoms with E-state index in [1.165, 1.54) is 0 Å². The second-order valence-electron chi connectivity index (χ2n) is 7.06. The van der Waals surface area contributed by atoms with Crippen LogP contribution in [-0.4, -0.2) is 85.5 Å². The number of likely N-dealkylation sites (tertiary alicyclic amines) is 1. The zero-order valence-corrected chi connectivity index (χ0v) is 16.2. The van der Waals surface area contributed by atoms with Crippen molar-refractivity contribution in [2.75, 3.05) is 53.0 Å². The molecular formula is C20H29N3O4. The Balaban J connectivity index is 1.38. The van der Waals surface area contributed by atoms with E-state index in [2.05, 4.69) is 4.90 Å². The third kappa shape index (κ3) is 4.91. The highest BCUT2D eigenvalue weighted by Crippen LogP contribution is 2.18. The molecule has 0 spiro atoms. The first-order chi connectivity index (χ1) is 13.1. The molecule has 2 fully saturated rings. The molecule has 0 aromatic heterocycles. The molecule has 27 heavy (non-hydrogen) atoms. The molecule has 7 nitrogen and oxygen atoms in total. The minimum atomic E-state index is -0.343. The van der Waals surface area contributed by atoms with Crippen LogP contribution in [0.1, 0.15) is 19.8 Å². The number of amides is 2. The van der Waals surface area contributed by atoms with E-state index in [0.29, 0.717) is 32.7 Å². The number of hydrogen-bond donors (Lipinski definition) is 0. The summed E-state index contributed by atoms with van der Waals surface area (Å²) in [6.45, 7) is 7.06. The predicted molar refractivity (Wildman–Crippen MR) is 102 cm³/mol. The average molecular weight is 375 g/mol. The molecule has 1 aromatic rings. The Labute approximate surface area is 160 Å². The van der Waals surface area contributed by atoms with Crippen LogP contribution in [0.25, 0.3) is 0 Å². The fourth-order valence-corrected chi connectivity index (χ4v) is 3.63. The molecule has 0 saturated carbocycles. The van der Waals surface area contributed by atoms with Gasteiger partial charge in [0.25, 0.3) is 0 Å². The highest BCUT2D eigenvalue weighted by atomic mass is 16.5. The predicted octanol–water partition coefficient (Wildman–Crippen LogP) is 1.23. The number of carbonyl (C=O) groups excluding carboxylic acids is 2. The quantitative estimate of drug-likeness (QED) is 0.717. The number of benzene rings is 1. The van der Waals surface area contributed by atoms with Crippen LogP contribution in [-0.2, 0) is 9.59 Å². The van der Waals surface area contributed by atoms with E-state index in [-0.39, 0.29) is 17.9 Å².